The second-order valence-electron chi connectivity index (χ2n) is 4.77. The van der Waals surface area contributed by atoms with Gasteiger partial charge in [0.15, 0.2) is 5.82 Å². The second kappa shape index (κ2) is 4.88. The van der Waals surface area contributed by atoms with Crippen LogP contribution in [0, 0.1) is 13.8 Å². The molecule has 6 heteroatoms. The van der Waals surface area contributed by atoms with Crippen molar-refractivity contribution in [2.24, 2.45) is 0 Å². The number of aryl methyl sites for hydroxylation is 2. The highest BCUT2D eigenvalue weighted by Crippen LogP contribution is 2.19. The molecule has 0 spiro atoms. The number of nitrogens with zero attached hydrogens (tertiary/aromatic N) is 6. The molecule has 0 radical (unpaired) electrons. The van der Waals surface area contributed by atoms with E-state index in [0.717, 1.165) is 23.0 Å². The van der Waals surface area contributed by atoms with Gasteiger partial charge in [-0.3, -0.25) is 4.98 Å². The minimum absolute atomic E-state index is 0.0622. The van der Waals surface area contributed by atoms with Crippen molar-refractivity contribution in [2.75, 3.05) is 0 Å². The monoisotopic (exact) mass is 268 g/mol. The van der Waals surface area contributed by atoms with E-state index in [4.69, 9.17) is 0 Å². The van der Waals surface area contributed by atoms with Gasteiger partial charge in [-0.05, 0) is 32.9 Å². The van der Waals surface area contributed by atoms with Crippen LogP contribution in [0.25, 0.3) is 5.69 Å². The van der Waals surface area contributed by atoms with E-state index in [1.807, 2.05) is 41.4 Å². The molecule has 3 aromatic heterocycles. The molecule has 3 rings (SSSR count). The largest absolute Gasteiger partial charge is 0.327 e. The van der Waals surface area contributed by atoms with E-state index < -0.39 is 0 Å². The lowest BCUT2D eigenvalue weighted by atomic mass is 10.3. The lowest BCUT2D eigenvalue weighted by Gasteiger charge is -2.13. The van der Waals surface area contributed by atoms with Gasteiger partial charge in [0.1, 0.15) is 5.82 Å². The summed E-state index contributed by atoms with van der Waals surface area (Å²) in [5, 5.41) is 4.50. The molecule has 0 aliphatic carbocycles. The zero-order valence-electron chi connectivity index (χ0n) is 11.7. The highest BCUT2D eigenvalue weighted by molar-refractivity contribution is 5.32. The summed E-state index contributed by atoms with van der Waals surface area (Å²) in [6.07, 6.45) is 7.27. The molecule has 1 unspecified atom stereocenters. The van der Waals surface area contributed by atoms with Crippen molar-refractivity contribution in [3.8, 4) is 5.69 Å². The highest BCUT2D eigenvalue weighted by atomic mass is 15.4. The molecule has 20 heavy (non-hydrogen) atoms. The molecule has 102 valence electrons. The van der Waals surface area contributed by atoms with Crippen LogP contribution < -0.4 is 0 Å². The summed E-state index contributed by atoms with van der Waals surface area (Å²) >= 11 is 0. The van der Waals surface area contributed by atoms with Gasteiger partial charge in [0.05, 0.1) is 18.1 Å². The van der Waals surface area contributed by atoms with E-state index in [2.05, 4.69) is 27.0 Å². The molecule has 0 fully saturated rings. The maximum atomic E-state index is 4.56. The van der Waals surface area contributed by atoms with E-state index in [9.17, 15) is 0 Å². The van der Waals surface area contributed by atoms with Crippen molar-refractivity contribution in [2.45, 2.75) is 26.8 Å². The second-order valence-corrected chi connectivity index (χ2v) is 4.77. The van der Waals surface area contributed by atoms with Gasteiger partial charge >= 0.3 is 0 Å². The predicted molar refractivity (Wildman–Crippen MR) is 74.7 cm³/mol. The Labute approximate surface area is 117 Å². The fourth-order valence-electron chi connectivity index (χ4n) is 2.19. The summed E-state index contributed by atoms with van der Waals surface area (Å²) in [5.74, 6) is 1.63. The van der Waals surface area contributed by atoms with Gasteiger partial charge in [0, 0.05) is 24.3 Å². The number of hydrogen-bond donors (Lipinski definition) is 0. The molecule has 0 saturated carbocycles. The Morgan fingerprint density at radius 1 is 1.20 bits per heavy atom. The third-order valence-corrected chi connectivity index (χ3v) is 3.21. The summed E-state index contributed by atoms with van der Waals surface area (Å²) in [6, 6.07) is 4.00. The van der Waals surface area contributed by atoms with E-state index in [1.54, 1.807) is 18.7 Å². The Morgan fingerprint density at radius 2 is 2.05 bits per heavy atom. The maximum absolute atomic E-state index is 4.56. The van der Waals surface area contributed by atoms with Gasteiger partial charge in [-0.15, -0.1) is 0 Å². The van der Waals surface area contributed by atoms with E-state index in [1.165, 1.54) is 0 Å². The summed E-state index contributed by atoms with van der Waals surface area (Å²) in [6.45, 7) is 5.94. The van der Waals surface area contributed by atoms with Crippen molar-refractivity contribution in [1.29, 1.82) is 0 Å². The average molecular weight is 268 g/mol. The highest BCUT2D eigenvalue weighted by Gasteiger charge is 2.17. The van der Waals surface area contributed by atoms with Gasteiger partial charge in [-0.2, -0.15) is 5.10 Å². The smallest absolute Gasteiger partial charge is 0.155 e. The molecule has 0 amide bonds. The molecular formula is C14H16N6. The maximum Gasteiger partial charge on any atom is 0.155 e. The van der Waals surface area contributed by atoms with Crippen LogP contribution in [0.3, 0.4) is 0 Å². The molecule has 0 bridgehead atoms. The molecule has 0 aliphatic rings. The Morgan fingerprint density at radius 3 is 2.75 bits per heavy atom. The van der Waals surface area contributed by atoms with Crippen LogP contribution in [-0.2, 0) is 0 Å². The summed E-state index contributed by atoms with van der Waals surface area (Å²) in [5.41, 5.74) is 1.93. The van der Waals surface area contributed by atoms with Gasteiger partial charge in [0.25, 0.3) is 0 Å². The topological polar surface area (TPSA) is 61.4 Å². The Kier molecular flexibility index (Phi) is 3.06. The zero-order valence-corrected chi connectivity index (χ0v) is 11.7. The first-order valence-corrected chi connectivity index (χ1v) is 6.49. The van der Waals surface area contributed by atoms with E-state index in [0.29, 0.717) is 0 Å². The Balaban J connectivity index is 2.09. The van der Waals surface area contributed by atoms with Crippen molar-refractivity contribution in [3.05, 3.63) is 54.4 Å². The molecule has 1 atom stereocenters. The summed E-state index contributed by atoms with van der Waals surface area (Å²) in [7, 11) is 0. The number of imidazole rings is 1. The van der Waals surface area contributed by atoms with Crippen molar-refractivity contribution in [1.82, 2.24) is 29.3 Å². The average Bonchev–Trinajstić information content (AvgIpc) is 3.07. The van der Waals surface area contributed by atoms with Crippen LogP contribution in [0.15, 0.2) is 37.1 Å². The van der Waals surface area contributed by atoms with Gasteiger partial charge in [-0.1, -0.05) is 0 Å². The summed E-state index contributed by atoms with van der Waals surface area (Å²) < 4.78 is 3.88. The van der Waals surface area contributed by atoms with Crippen molar-refractivity contribution < 1.29 is 0 Å². The molecule has 3 aromatic rings. The van der Waals surface area contributed by atoms with E-state index in [-0.39, 0.29) is 6.04 Å². The third kappa shape index (κ3) is 2.20. The Bertz CT molecular complexity index is 713. The van der Waals surface area contributed by atoms with Gasteiger partial charge in [0.2, 0.25) is 0 Å². The quantitative estimate of drug-likeness (QED) is 0.729. The fourth-order valence-corrected chi connectivity index (χ4v) is 2.19. The zero-order chi connectivity index (χ0) is 14.1. The first-order valence-electron chi connectivity index (χ1n) is 6.49. The van der Waals surface area contributed by atoms with Crippen LogP contribution in [0.5, 0.6) is 0 Å². The van der Waals surface area contributed by atoms with Gasteiger partial charge < -0.3 is 4.57 Å². The van der Waals surface area contributed by atoms with Crippen LogP contribution in [0.4, 0.5) is 0 Å². The predicted octanol–water partition coefficient (Wildman–Crippen LogP) is 2.08. The van der Waals surface area contributed by atoms with Crippen LogP contribution in [0.2, 0.25) is 0 Å². The van der Waals surface area contributed by atoms with Crippen LogP contribution >= 0.6 is 0 Å². The van der Waals surface area contributed by atoms with Crippen LogP contribution in [0.1, 0.15) is 30.3 Å². The summed E-state index contributed by atoms with van der Waals surface area (Å²) in [4.78, 5) is 12.9. The first-order chi connectivity index (χ1) is 9.65. The lowest BCUT2D eigenvalue weighted by Crippen LogP contribution is -2.12. The minimum Gasteiger partial charge on any atom is -0.327 e. The minimum atomic E-state index is 0.0622. The third-order valence-electron chi connectivity index (χ3n) is 3.21. The number of rotatable bonds is 3. The number of hydrogen-bond acceptors (Lipinski definition) is 4. The normalized spacial score (nSPS) is 12.6. The molecule has 0 aliphatic heterocycles. The Hall–Kier alpha value is -2.50. The molecule has 6 nitrogen and oxygen atoms in total. The molecule has 0 N–H and O–H groups in total. The molecular weight excluding hydrogens is 252 g/mol. The van der Waals surface area contributed by atoms with Crippen LogP contribution in [-0.4, -0.2) is 29.3 Å². The van der Waals surface area contributed by atoms with Crippen molar-refractivity contribution in [3.63, 3.8) is 0 Å². The SMILES string of the molecule is Cc1cc(-n2nc(C)nc2C(C)n2ccnc2)ccn1. The van der Waals surface area contributed by atoms with E-state index >= 15 is 0 Å². The standard InChI is InChI=1S/C14H16N6/c1-10-8-13(4-5-16-10)20-14(17-12(3)18-20)11(2)19-7-6-15-9-19/h4-9,11H,1-3H3. The van der Waals surface area contributed by atoms with Gasteiger partial charge in [-0.25, -0.2) is 14.6 Å². The number of aromatic nitrogens is 6. The molecule has 0 saturated heterocycles. The first kappa shape index (κ1) is 12.5. The fraction of sp³-hybridized carbons (Fsp3) is 0.286. The molecule has 0 aromatic carbocycles. The van der Waals surface area contributed by atoms with Crippen molar-refractivity contribution >= 4 is 0 Å². The lowest BCUT2D eigenvalue weighted by molar-refractivity contribution is 0.578. The number of pyridine rings is 1. The molecule has 3 heterocycles.